The van der Waals surface area contributed by atoms with Gasteiger partial charge in [0, 0.05) is 30.5 Å². The molecule has 2 aromatic carbocycles. The van der Waals surface area contributed by atoms with E-state index in [1.165, 1.54) is 24.3 Å². The molecule has 0 bridgehead atoms. The summed E-state index contributed by atoms with van der Waals surface area (Å²) in [5, 5.41) is 0. The number of thioether (sulfide) groups is 1. The average molecular weight is 420 g/mol. The lowest BCUT2D eigenvalue weighted by Gasteiger charge is -2.37. The third-order valence-electron chi connectivity index (χ3n) is 5.69. The van der Waals surface area contributed by atoms with E-state index < -0.39 is 11.7 Å². The zero-order valence-electron chi connectivity index (χ0n) is 17.1. The van der Waals surface area contributed by atoms with Crippen LogP contribution in [-0.4, -0.2) is 30.0 Å². The van der Waals surface area contributed by atoms with E-state index in [4.69, 9.17) is 0 Å². The van der Waals surface area contributed by atoms with Crippen molar-refractivity contribution in [2.75, 3.05) is 25.1 Å². The number of hydrogen-bond acceptors (Lipinski definition) is 2. The molecule has 0 aliphatic carbocycles. The van der Waals surface area contributed by atoms with Gasteiger partial charge in [0.2, 0.25) is 0 Å². The lowest BCUT2D eigenvalue weighted by atomic mass is 9.87. The average Bonchev–Trinajstić information content (AvgIpc) is 2.68. The molecule has 3 rings (SSSR count). The van der Waals surface area contributed by atoms with Gasteiger partial charge in [-0.1, -0.05) is 43.0 Å². The van der Waals surface area contributed by atoms with Gasteiger partial charge in [0.05, 0.1) is 5.56 Å². The minimum absolute atomic E-state index is 0.262. The quantitative estimate of drug-likeness (QED) is 0.515. The Balaban J connectivity index is 1.71. The molecule has 0 saturated carbocycles. The van der Waals surface area contributed by atoms with E-state index in [1.54, 1.807) is 12.1 Å². The maximum absolute atomic E-state index is 13.2. The number of rotatable bonds is 6. The first-order valence-corrected chi connectivity index (χ1v) is 11.4. The first-order valence-electron chi connectivity index (χ1n) is 9.98. The maximum Gasteiger partial charge on any atom is 0.416 e. The molecular formula is C24H28F3NS. The topological polar surface area (TPSA) is 3.24 Å². The van der Waals surface area contributed by atoms with E-state index in [-0.39, 0.29) is 5.56 Å². The highest BCUT2D eigenvalue weighted by Crippen LogP contribution is 2.35. The Kier molecular flexibility index (Phi) is 6.99. The van der Waals surface area contributed by atoms with Crippen LogP contribution >= 0.6 is 11.8 Å². The summed E-state index contributed by atoms with van der Waals surface area (Å²) in [6, 6.07) is 12.9. The second-order valence-electron chi connectivity index (χ2n) is 7.73. The molecule has 0 amide bonds. The highest BCUT2D eigenvalue weighted by molar-refractivity contribution is 7.98. The van der Waals surface area contributed by atoms with Crippen molar-refractivity contribution in [1.82, 2.24) is 4.90 Å². The van der Waals surface area contributed by atoms with Gasteiger partial charge in [-0.15, -0.1) is 0 Å². The lowest BCUT2D eigenvalue weighted by molar-refractivity contribution is -0.138. The van der Waals surface area contributed by atoms with Crippen LogP contribution in [0.3, 0.4) is 0 Å². The first kappa shape index (κ1) is 21.8. The van der Waals surface area contributed by atoms with Gasteiger partial charge < -0.3 is 4.90 Å². The fourth-order valence-electron chi connectivity index (χ4n) is 4.02. The van der Waals surface area contributed by atoms with E-state index in [2.05, 4.69) is 29.9 Å². The van der Waals surface area contributed by atoms with E-state index in [9.17, 15) is 13.2 Å². The van der Waals surface area contributed by atoms with Gasteiger partial charge in [0.15, 0.2) is 0 Å². The normalized spacial score (nSPS) is 17.6. The monoisotopic (exact) mass is 419 g/mol. The predicted molar refractivity (Wildman–Crippen MR) is 116 cm³/mol. The summed E-state index contributed by atoms with van der Waals surface area (Å²) in [6.45, 7) is 7.95. The fourth-order valence-corrected chi connectivity index (χ4v) is 4.42. The number of benzene rings is 2. The molecular weight excluding hydrogens is 391 g/mol. The van der Waals surface area contributed by atoms with Crippen LogP contribution in [-0.2, 0) is 12.6 Å². The standard InChI is InChI=1S/C24H28F3NS/c1-17-6-7-20(16-23(17)24(25,26)27)15-19-8-10-21(11-9-19)22-5-4-12-28(18(22)2)13-14-29-3/h6-11,16,22H,2,4-5,12-15H2,1,3H3. The molecule has 1 saturated heterocycles. The number of likely N-dealkylation sites (tertiary alicyclic amines) is 1. The van der Waals surface area contributed by atoms with Crippen LogP contribution in [0.5, 0.6) is 0 Å². The van der Waals surface area contributed by atoms with Crippen LogP contribution in [0.2, 0.25) is 0 Å². The molecule has 0 N–H and O–H groups in total. The van der Waals surface area contributed by atoms with Crippen molar-refractivity contribution in [1.29, 1.82) is 0 Å². The van der Waals surface area contributed by atoms with Crippen LogP contribution in [0, 0.1) is 6.92 Å². The number of piperidine rings is 1. The summed E-state index contributed by atoms with van der Waals surface area (Å²) in [5.41, 5.74) is 3.85. The number of alkyl halides is 3. The summed E-state index contributed by atoms with van der Waals surface area (Å²) >= 11 is 1.85. The molecule has 2 aromatic rings. The Bertz CT molecular complexity index is 842. The highest BCUT2D eigenvalue weighted by atomic mass is 32.2. The van der Waals surface area contributed by atoms with Crippen LogP contribution < -0.4 is 0 Å². The molecule has 5 heteroatoms. The van der Waals surface area contributed by atoms with E-state index in [0.717, 1.165) is 37.2 Å². The Morgan fingerprint density at radius 1 is 1.10 bits per heavy atom. The zero-order valence-corrected chi connectivity index (χ0v) is 17.9. The number of hydrogen-bond donors (Lipinski definition) is 0. The smallest absolute Gasteiger partial charge is 0.374 e. The first-order chi connectivity index (χ1) is 13.8. The van der Waals surface area contributed by atoms with Gasteiger partial charge >= 0.3 is 6.18 Å². The molecule has 0 radical (unpaired) electrons. The molecule has 1 nitrogen and oxygen atoms in total. The molecule has 1 atom stereocenters. The van der Waals surface area contributed by atoms with Crippen molar-refractivity contribution < 1.29 is 13.2 Å². The minimum Gasteiger partial charge on any atom is -0.374 e. The molecule has 0 spiro atoms. The van der Waals surface area contributed by atoms with Crippen LogP contribution in [0.1, 0.15) is 46.6 Å². The van der Waals surface area contributed by atoms with Crippen molar-refractivity contribution in [3.8, 4) is 0 Å². The summed E-state index contributed by atoms with van der Waals surface area (Å²) < 4.78 is 39.5. The van der Waals surface area contributed by atoms with Crippen LogP contribution in [0.15, 0.2) is 54.7 Å². The van der Waals surface area contributed by atoms with Crippen molar-refractivity contribution in [3.05, 3.63) is 82.6 Å². The van der Waals surface area contributed by atoms with Crippen LogP contribution in [0.4, 0.5) is 13.2 Å². The molecule has 29 heavy (non-hydrogen) atoms. The second-order valence-corrected chi connectivity index (χ2v) is 8.72. The van der Waals surface area contributed by atoms with Crippen LogP contribution in [0.25, 0.3) is 0 Å². The molecule has 1 unspecified atom stereocenters. The van der Waals surface area contributed by atoms with Gasteiger partial charge in [-0.25, -0.2) is 0 Å². The predicted octanol–water partition coefficient (Wildman–Crippen LogP) is 6.66. The minimum atomic E-state index is -4.31. The Morgan fingerprint density at radius 3 is 2.45 bits per heavy atom. The fraction of sp³-hybridized carbons (Fsp3) is 0.417. The Hall–Kier alpha value is -1.88. The Labute approximate surface area is 176 Å². The van der Waals surface area contributed by atoms with Gasteiger partial charge in [0.1, 0.15) is 0 Å². The summed E-state index contributed by atoms with van der Waals surface area (Å²) in [7, 11) is 0. The highest BCUT2D eigenvalue weighted by Gasteiger charge is 2.32. The number of halogens is 3. The van der Waals surface area contributed by atoms with E-state index in [0.29, 0.717) is 17.9 Å². The summed E-state index contributed by atoms with van der Waals surface area (Å²) in [4.78, 5) is 2.39. The van der Waals surface area contributed by atoms with Gasteiger partial charge in [-0.3, -0.25) is 0 Å². The third-order valence-corrected chi connectivity index (χ3v) is 6.28. The molecule has 0 aromatic heterocycles. The molecule has 1 aliphatic rings. The molecule has 156 valence electrons. The van der Waals surface area contributed by atoms with Crippen molar-refractivity contribution in [2.24, 2.45) is 0 Å². The molecule has 1 fully saturated rings. The summed E-state index contributed by atoms with van der Waals surface area (Å²) in [5.74, 6) is 1.43. The second kappa shape index (κ2) is 9.29. The van der Waals surface area contributed by atoms with E-state index in [1.807, 2.05) is 23.9 Å². The molecule has 1 heterocycles. The number of aryl methyl sites for hydroxylation is 1. The Morgan fingerprint density at radius 2 is 1.79 bits per heavy atom. The van der Waals surface area contributed by atoms with Gasteiger partial charge in [0.25, 0.3) is 0 Å². The number of allylic oxidation sites excluding steroid dienone is 1. The van der Waals surface area contributed by atoms with Crippen molar-refractivity contribution >= 4 is 11.8 Å². The lowest BCUT2D eigenvalue weighted by Crippen LogP contribution is -2.33. The summed E-state index contributed by atoms with van der Waals surface area (Å²) in [6.07, 6.45) is 0.557. The van der Waals surface area contributed by atoms with E-state index >= 15 is 0 Å². The molecule has 1 aliphatic heterocycles. The van der Waals surface area contributed by atoms with Gasteiger partial charge in [-0.2, -0.15) is 24.9 Å². The third kappa shape index (κ3) is 5.39. The number of nitrogens with zero attached hydrogens (tertiary/aromatic N) is 1. The largest absolute Gasteiger partial charge is 0.416 e. The van der Waals surface area contributed by atoms with Crippen molar-refractivity contribution in [2.45, 2.75) is 38.3 Å². The van der Waals surface area contributed by atoms with Gasteiger partial charge in [-0.05, 0) is 60.8 Å². The van der Waals surface area contributed by atoms with Crippen molar-refractivity contribution in [3.63, 3.8) is 0 Å². The SMILES string of the molecule is C=C1C(c2ccc(Cc3ccc(C)c(C(F)(F)F)c3)cc2)CCCN1CCSC. The maximum atomic E-state index is 13.2. The zero-order chi connectivity index (χ0) is 21.0.